The highest BCUT2D eigenvalue weighted by Crippen LogP contribution is 2.29. The largest absolute Gasteiger partial charge is 0.480 e. The molecule has 1 aromatic rings. The lowest BCUT2D eigenvalue weighted by Gasteiger charge is -2.20. The topological polar surface area (TPSA) is 83.5 Å². The summed E-state index contributed by atoms with van der Waals surface area (Å²) in [5, 5.41) is 8.10. The Balaban J connectivity index is 3.23. The maximum atomic E-state index is 13.6. The fraction of sp³-hybridized carbons (Fsp3) is 0.417. The zero-order chi connectivity index (χ0) is 16.4. The van der Waals surface area contributed by atoms with Crippen LogP contribution in [0.25, 0.3) is 0 Å². The van der Waals surface area contributed by atoms with E-state index in [0.717, 1.165) is 12.1 Å². The van der Waals surface area contributed by atoms with Crippen LogP contribution in [0.5, 0.6) is 0 Å². The lowest BCUT2D eigenvalue weighted by atomic mass is 10.0. The highest BCUT2D eigenvalue weighted by molar-refractivity contribution is 7.89. The van der Waals surface area contributed by atoms with Crippen LogP contribution in [0.4, 0.5) is 4.39 Å². The van der Waals surface area contributed by atoms with E-state index in [0.29, 0.717) is 6.42 Å². The molecule has 1 aromatic carbocycles. The van der Waals surface area contributed by atoms with E-state index in [-0.39, 0.29) is 5.02 Å². The predicted molar refractivity (Wildman–Crippen MR) is 77.6 cm³/mol. The van der Waals surface area contributed by atoms with Gasteiger partial charge < -0.3 is 5.11 Å². The summed E-state index contributed by atoms with van der Waals surface area (Å²) in [6, 6.07) is 0.719. The third kappa shape index (κ3) is 4.06. The van der Waals surface area contributed by atoms with Gasteiger partial charge in [-0.1, -0.05) is 43.5 Å². The molecule has 0 heterocycles. The van der Waals surface area contributed by atoms with Gasteiger partial charge in [0.1, 0.15) is 10.9 Å². The van der Waals surface area contributed by atoms with E-state index in [4.69, 9.17) is 28.3 Å². The number of aliphatic carboxylic acids is 1. The number of halogens is 3. The number of carbonyl (C=O) groups is 1. The molecule has 2 N–H and O–H groups in total. The number of hydrogen-bond donors (Lipinski definition) is 2. The first-order chi connectivity index (χ1) is 9.61. The van der Waals surface area contributed by atoms with Crippen molar-refractivity contribution in [3.8, 4) is 0 Å². The molecule has 2 atom stereocenters. The van der Waals surface area contributed by atoms with Crippen LogP contribution in [0, 0.1) is 11.7 Å². The second-order valence-corrected chi connectivity index (χ2v) is 6.96. The van der Waals surface area contributed by atoms with Crippen molar-refractivity contribution in [3.63, 3.8) is 0 Å². The van der Waals surface area contributed by atoms with Crippen molar-refractivity contribution in [3.05, 3.63) is 28.0 Å². The summed E-state index contributed by atoms with van der Waals surface area (Å²) in [7, 11) is -4.29. The molecule has 2 unspecified atom stereocenters. The van der Waals surface area contributed by atoms with E-state index >= 15 is 0 Å². The number of benzene rings is 1. The number of rotatable bonds is 6. The molecule has 0 amide bonds. The maximum absolute atomic E-state index is 13.6. The molecule has 21 heavy (non-hydrogen) atoms. The fourth-order valence-corrected chi connectivity index (χ4v) is 3.63. The van der Waals surface area contributed by atoms with E-state index in [1.807, 2.05) is 4.72 Å². The average molecular weight is 358 g/mol. The molecule has 0 aliphatic heterocycles. The molecule has 1 rings (SSSR count). The zero-order valence-electron chi connectivity index (χ0n) is 11.2. The van der Waals surface area contributed by atoms with Crippen molar-refractivity contribution in [2.75, 3.05) is 0 Å². The Morgan fingerprint density at radius 1 is 1.43 bits per heavy atom. The minimum atomic E-state index is -4.29. The molecule has 0 saturated carbocycles. The summed E-state index contributed by atoms with van der Waals surface area (Å²) in [6.45, 7) is 3.31. The van der Waals surface area contributed by atoms with Crippen molar-refractivity contribution in [2.24, 2.45) is 5.92 Å². The molecule has 0 bridgehead atoms. The molecule has 0 radical (unpaired) electrons. The summed E-state index contributed by atoms with van der Waals surface area (Å²) in [4.78, 5) is 10.6. The van der Waals surface area contributed by atoms with Gasteiger partial charge in [0.2, 0.25) is 10.0 Å². The van der Waals surface area contributed by atoms with Gasteiger partial charge >= 0.3 is 5.97 Å². The molecular weight excluding hydrogens is 344 g/mol. The second kappa shape index (κ2) is 6.91. The third-order valence-electron chi connectivity index (χ3n) is 3.05. The van der Waals surface area contributed by atoms with Gasteiger partial charge in [0.05, 0.1) is 10.0 Å². The van der Waals surface area contributed by atoms with Gasteiger partial charge in [-0.3, -0.25) is 4.79 Å². The van der Waals surface area contributed by atoms with Crippen LogP contribution in [-0.2, 0) is 14.8 Å². The van der Waals surface area contributed by atoms with Gasteiger partial charge in [-0.25, -0.2) is 12.8 Å². The molecule has 118 valence electrons. The predicted octanol–water partition coefficient (Wildman–Crippen LogP) is 2.91. The average Bonchev–Trinajstić information content (AvgIpc) is 2.40. The summed E-state index contributed by atoms with van der Waals surface area (Å²) in [5.41, 5.74) is 0. The number of hydrogen-bond acceptors (Lipinski definition) is 3. The Kier molecular flexibility index (Phi) is 5.98. The van der Waals surface area contributed by atoms with E-state index in [2.05, 4.69) is 0 Å². The molecule has 0 aromatic heterocycles. The van der Waals surface area contributed by atoms with Crippen molar-refractivity contribution in [2.45, 2.75) is 31.2 Å². The van der Waals surface area contributed by atoms with Crippen LogP contribution in [0.3, 0.4) is 0 Å². The van der Waals surface area contributed by atoms with Gasteiger partial charge in [0.15, 0.2) is 5.82 Å². The van der Waals surface area contributed by atoms with Crippen LogP contribution >= 0.6 is 23.2 Å². The number of sulfonamides is 1. The standard InChI is InChI=1S/C12H14Cl2FNO4S/c1-3-6(2)11(12(17)18)16-21(19,20)8-5-4-7(13)10(15)9(8)14/h4-6,11,16H,3H2,1-2H3,(H,17,18). The highest BCUT2D eigenvalue weighted by atomic mass is 35.5. The minimum Gasteiger partial charge on any atom is -0.480 e. The van der Waals surface area contributed by atoms with Gasteiger partial charge in [0.25, 0.3) is 0 Å². The highest BCUT2D eigenvalue weighted by Gasteiger charge is 2.31. The van der Waals surface area contributed by atoms with Gasteiger partial charge in [0, 0.05) is 0 Å². The van der Waals surface area contributed by atoms with Gasteiger partial charge in [-0.05, 0) is 18.1 Å². The molecule has 0 aliphatic rings. The summed E-state index contributed by atoms with van der Waals surface area (Å²) < 4.78 is 40.0. The summed E-state index contributed by atoms with van der Waals surface area (Å²) in [5.74, 6) is -2.84. The van der Waals surface area contributed by atoms with E-state index < -0.39 is 43.7 Å². The Labute approximate surface area is 132 Å². The van der Waals surface area contributed by atoms with Gasteiger partial charge in [-0.15, -0.1) is 0 Å². The molecule has 0 saturated heterocycles. The van der Waals surface area contributed by atoms with Crippen molar-refractivity contribution in [1.82, 2.24) is 4.72 Å². The van der Waals surface area contributed by atoms with Crippen LogP contribution in [-0.4, -0.2) is 25.5 Å². The van der Waals surface area contributed by atoms with Crippen LogP contribution in [0.2, 0.25) is 10.0 Å². The molecule has 0 aliphatic carbocycles. The van der Waals surface area contributed by atoms with Crippen molar-refractivity contribution >= 4 is 39.2 Å². The quantitative estimate of drug-likeness (QED) is 0.766. The third-order valence-corrected chi connectivity index (χ3v) is 5.31. The van der Waals surface area contributed by atoms with Crippen LogP contribution < -0.4 is 4.72 Å². The Bertz CT molecular complexity index is 651. The monoisotopic (exact) mass is 357 g/mol. The first-order valence-electron chi connectivity index (χ1n) is 6.00. The Morgan fingerprint density at radius 3 is 2.48 bits per heavy atom. The molecule has 0 spiro atoms. The van der Waals surface area contributed by atoms with Crippen molar-refractivity contribution < 1.29 is 22.7 Å². The van der Waals surface area contributed by atoms with Crippen molar-refractivity contribution in [1.29, 1.82) is 0 Å². The first kappa shape index (κ1) is 18.2. The lowest BCUT2D eigenvalue weighted by molar-refractivity contribution is -0.140. The summed E-state index contributed by atoms with van der Waals surface area (Å²) in [6.07, 6.45) is 0.447. The normalized spacial score (nSPS) is 14.7. The fourth-order valence-electron chi connectivity index (χ4n) is 1.59. The number of nitrogens with one attached hydrogen (secondary N) is 1. The zero-order valence-corrected chi connectivity index (χ0v) is 13.6. The SMILES string of the molecule is CCC(C)C(NS(=O)(=O)c1ccc(Cl)c(F)c1Cl)C(=O)O. The van der Waals surface area contributed by atoms with E-state index in [9.17, 15) is 17.6 Å². The Morgan fingerprint density at radius 2 is 2.00 bits per heavy atom. The minimum absolute atomic E-state index is 0.323. The van der Waals surface area contributed by atoms with E-state index in [1.54, 1.807) is 13.8 Å². The molecule has 5 nitrogen and oxygen atoms in total. The smallest absolute Gasteiger partial charge is 0.322 e. The summed E-state index contributed by atoms with van der Waals surface area (Å²) >= 11 is 11.1. The number of carboxylic acid groups (broad SMARTS) is 1. The second-order valence-electron chi connectivity index (χ2n) is 4.50. The van der Waals surface area contributed by atoms with Crippen LogP contribution in [0.1, 0.15) is 20.3 Å². The van der Waals surface area contributed by atoms with Crippen LogP contribution in [0.15, 0.2) is 17.0 Å². The molecule has 0 fully saturated rings. The maximum Gasteiger partial charge on any atom is 0.322 e. The molecular formula is C12H14Cl2FNO4S. The Hall–Kier alpha value is -0.890. The first-order valence-corrected chi connectivity index (χ1v) is 8.24. The molecule has 9 heteroatoms. The lowest BCUT2D eigenvalue weighted by Crippen LogP contribution is -2.45. The number of carboxylic acids is 1. The van der Waals surface area contributed by atoms with Gasteiger partial charge in [-0.2, -0.15) is 4.72 Å². The van der Waals surface area contributed by atoms with E-state index in [1.165, 1.54) is 0 Å².